The van der Waals surface area contributed by atoms with Crippen LogP contribution in [-0.2, 0) is 0 Å². The van der Waals surface area contributed by atoms with Crippen molar-refractivity contribution in [3.8, 4) is 33.4 Å². The van der Waals surface area contributed by atoms with E-state index in [1.54, 1.807) is 0 Å². The van der Waals surface area contributed by atoms with Gasteiger partial charge < -0.3 is 4.42 Å². The second kappa shape index (κ2) is 14.8. The zero-order chi connectivity index (χ0) is 43.3. The van der Waals surface area contributed by atoms with Gasteiger partial charge in [0.05, 0.1) is 0 Å². The van der Waals surface area contributed by atoms with Gasteiger partial charge in [0.1, 0.15) is 11.2 Å². The number of thiophene rings is 1. The number of allylic oxidation sites excluding steroid dienone is 5. The van der Waals surface area contributed by atoms with Crippen molar-refractivity contribution in [3.63, 3.8) is 0 Å². The third-order valence-electron chi connectivity index (χ3n) is 14.3. The molecule has 2 atom stereocenters. The van der Waals surface area contributed by atoms with Crippen LogP contribution in [0.3, 0.4) is 0 Å². The van der Waals surface area contributed by atoms with E-state index in [9.17, 15) is 0 Å². The Morgan fingerprint density at radius 3 is 1.70 bits per heavy atom. The van der Waals surface area contributed by atoms with Crippen LogP contribution in [0.5, 0.6) is 0 Å². The maximum atomic E-state index is 6.49. The average Bonchev–Trinajstić information content (AvgIpc) is 3.96. The van der Waals surface area contributed by atoms with Crippen LogP contribution >= 0.6 is 11.3 Å². The number of rotatable bonds is 5. The Kier molecular flexibility index (Phi) is 8.35. The molecule has 12 aromatic rings. The molecule has 0 saturated carbocycles. The summed E-state index contributed by atoms with van der Waals surface area (Å²) in [6.45, 7) is 0. The lowest BCUT2D eigenvalue weighted by atomic mass is 9.66. The van der Waals surface area contributed by atoms with Gasteiger partial charge in [0.15, 0.2) is 0 Å². The SMILES string of the molecule is C1=CC2=C(c3cccc4sc5cccc(-c6c7ccccc7c(-c7ccccc7)c7ccccc67)c5c34)c3ccccc3C(c3ccc4oc5ccc(-c6ccccc6)cc5c4c3)C2C=C1. The molecule has 2 heteroatoms. The minimum atomic E-state index is 0.114. The van der Waals surface area contributed by atoms with Gasteiger partial charge in [0.2, 0.25) is 0 Å². The summed E-state index contributed by atoms with van der Waals surface area (Å²) in [7, 11) is 0. The molecule has 2 aromatic heterocycles. The second-order valence-electron chi connectivity index (χ2n) is 17.8. The smallest absolute Gasteiger partial charge is 0.135 e. The first kappa shape index (κ1) is 37.3. The standard InChI is InChI=1S/C64H40OS/c1-3-17-39(18-4-1)41-33-35-55-53(37-41)54-38-42(34-36-56(54)65-55)60-45-23-9-13-27-49(45)62(50-28-14-10-24-46(50)60)52-30-16-32-58-64(52)63-51(29-15-31-57(63)66-58)61-47-25-11-7-21-43(47)59(40-19-5-2-6-20-40)44-22-8-12-26-48(44)61/h1-38,45,60H. The summed E-state index contributed by atoms with van der Waals surface area (Å²) in [6, 6.07) is 76.2. The zero-order valence-corrected chi connectivity index (χ0v) is 36.7. The van der Waals surface area contributed by atoms with E-state index < -0.39 is 0 Å². The van der Waals surface area contributed by atoms with Crippen LogP contribution < -0.4 is 0 Å². The summed E-state index contributed by atoms with van der Waals surface area (Å²) in [6.07, 6.45) is 9.31. The predicted octanol–water partition coefficient (Wildman–Crippen LogP) is 18.0. The number of fused-ring (bicyclic) bond motifs is 10. The Labute approximate surface area is 386 Å². The van der Waals surface area contributed by atoms with Gasteiger partial charge in [-0.3, -0.25) is 0 Å². The van der Waals surface area contributed by atoms with Crippen LogP contribution in [-0.4, -0.2) is 0 Å². The number of benzene rings is 10. The topological polar surface area (TPSA) is 13.1 Å². The molecule has 0 fully saturated rings. The fraction of sp³-hybridized carbons (Fsp3) is 0.0312. The van der Waals surface area contributed by atoms with Gasteiger partial charge in [0.25, 0.3) is 0 Å². The molecule has 308 valence electrons. The Morgan fingerprint density at radius 2 is 0.970 bits per heavy atom. The second-order valence-corrected chi connectivity index (χ2v) is 18.9. The van der Waals surface area contributed by atoms with Crippen molar-refractivity contribution in [2.45, 2.75) is 5.92 Å². The van der Waals surface area contributed by atoms with Gasteiger partial charge >= 0.3 is 0 Å². The van der Waals surface area contributed by atoms with Crippen molar-refractivity contribution in [2.75, 3.05) is 0 Å². The van der Waals surface area contributed by atoms with E-state index in [4.69, 9.17) is 4.42 Å². The molecular formula is C64H40OS. The number of hydrogen-bond acceptors (Lipinski definition) is 2. The van der Waals surface area contributed by atoms with E-state index in [-0.39, 0.29) is 11.8 Å². The van der Waals surface area contributed by atoms with Gasteiger partial charge in [-0.15, -0.1) is 11.3 Å². The molecule has 0 aliphatic heterocycles. The molecule has 2 unspecified atom stereocenters. The van der Waals surface area contributed by atoms with E-state index >= 15 is 0 Å². The van der Waals surface area contributed by atoms with Gasteiger partial charge in [-0.25, -0.2) is 0 Å². The quantitative estimate of drug-likeness (QED) is 0.157. The van der Waals surface area contributed by atoms with Crippen molar-refractivity contribution >= 4 is 80.6 Å². The fourth-order valence-electron chi connectivity index (χ4n) is 11.5. The lowest BCUT2D eigenvalue weighted by molar-refractivity contribution is 0.647. The Morgan fingerprint density at radius 1 is 0.394 bits per heavy atom. The third kappa shape index (κ3) is 5.59. The molecule has 2 aliphatic rings. The highest BCUT2D eigenvalue weighted by molar-refractivity contribution is 7.26. The first-order valence-electron chi connectivity index (χ1n) is 22.9. The molecule has 0 N–H and O–H groups in total. The van der Waals surface area contributed by atoms with Gasteiger partial charge in [-0.05, 0) is 125 Å². The summed E-state index contributed by atoms with van der Waals surface area (Å²) in [4.78, 5) is 0. The van der Waals surface area contributed by atoms with Crippen LogP contribution in [0.25, 0.3) is 103 Å². The van der Waals surface area contributed by atoms with Crippen LogP contribution in [0.4, 0.5) is 0 Å². The number of furan rings is 1. The van der Waals surface area contributed by atoms with E-state index in [0.29, 0.717) is 0 Å². The third-order valence-corrected chi connectivity index (χ3v) is 15.4. The molecule has 0 radical (unpaired) electrons. The fourth-order valence-corrected chi connectivity index (χ4v) is 12.7. The van der Waals surface area contributed by atoms with Gasteiger partial charge in [-0.2, -0.15) is 0 Å². The van der Waals surface area contributed by atoms with Crippen molar-refractivity contribution in [1.29, 1.82) is 0 Å². The minimum Gasteiger partial charge on any atom is -0.456 e. The lowest BCUT2D eigenvalue weighted by Crippen LogP contribution is -2.22. The highest BCUT2D eigenvalue weighted by atomic mass is 32.1. The predicted molar refractivity (Wildman–Crippen MR) is 280 cm³/mol. The maximum absolute atomic E-state index is 6.49. The molecule has 0 spiro atoms. The van der Waals surface area contributed by atoms with Crippen molar-refractivity contribution < 1.29 is 4.42 Å². The van der Waals surface area contributed by atoms with Crippen LogP contribution in [0.15, 0.2) is 241 Å². The van der Waals surface area contributed by atoms with Crippen molar-refractivity contribution in [3.05, 3.63) is 258 Å². The zero-order valence-electron chi connectivity index (χ0n) is 35.9. The van der Waals surface area contributed by atoms with Crippen molar-refractivity contribution in [2.24, 2.45) is 5.92 Å². The summed E-state index contributed by atoms with van der Waals surface area (Å²) in [5.41, 5.74) is 17.2. The van der Waals surface area contributed by atoms with Crippen LogP contribution in [0.1, 0.15) is 28.2 Å². The van der Waals surface area contributed by atoms with Crippen molar-refractivity contribution in [1.82, 2.24) is 0 Å². The first-order valence-corrected chi connectivity index (χ1v) is 23.7. The highest BCUT2D eigenvalue weighted by Crippen LogP contribution is 2.54. The summed E-state index contributed by atoms with van der Waals surface area (Å²) in [5, 5.41) is 10.0. The molecule has 0 bridgehead atoms. The summed E-state index contributed by atoms with van der Waals surface area (Å²) in [5.74, 6) is 0.246. The summed E-state index contributed by atoms with van der Waals surface area (Å²) < 4.78 is 9.09. The molecule has 2 aliphatic carbocycles. The van der Waals surface area contributed by atoms with Crippen LogP contribution in [0, 0.1) is 5.92 Å². The number of hydrogen-bond donors (Lipinski definition) is 0. The van der Waals surface area contributed by atoms with E-state index in [1.165, 1.54) is 108 Å². The van der Waals surface area contributed by atoms with E-state index in [1.807, 2.05) is 11.3 Å². The maximum Gasteiger partial charge on any atom is 0.135 e. The van der Waals surface area contributed by atoms with Gasteiger partial charge in [-0.1, -0.05) is 194 Å². The molecule has 0 saturated heterocycles. The van der Waals surface area contributed by atoms with E-state index in [2.05, 4.69) is 231 Å². The Hall–Kier alpha value is -8.04. The highest BCUT2D eigenvalue weighted by Gasteiger charge is 2.36. The monoisotopic (exact) mass is 856 g/mol. The van der Waals surface area contributed by atoms with Gasteiger partial charge in [0, 0.05) is 42.8 Å². The molecule has 10 aromatic carbocycles. The molecule has 14 rings (SSSR count). The summed E-state index contributed by atoms with van der Waals surface area (Å²) >= 11 is 1.91. The molecule has 66 heavy (non-hydrogen) atoms. The molecule has 1 nitrogen and oxygen atoms in total. The normalized spacial score (nSPS) is 15.7. The van der Waals surface area contributed by atoms with Crippen LogP contribution in [0.2, 0.25) is 0 Å². The van der Waals surface area contributed by atoms with E-state index in [0.717, 1.165) is 21.9 Å². The first-order chi connectivity index (χ1) is 32.8. The minimum absolute atomic E-state index is 0.114. The lowest BCUT2D eigenvalue weighted by Gasteiger charge is -2.37. The Bertz CT molecular complexity index is 3990. The largest absolute Gasteiger partial charge is 0.456 e. The molecule has 0 amide bonds. The molecule has 2 heterocycles. The average molecular weight is 857 g/mol. The Balaban J connectivity index is 0.999. The molecular weight excluding hydrogens is 817 g/mol.